The van der Waals surface area contributed by atoms with Gasteiger partial charge in [-0.2, -0.15) is 0 Å². The summed E-state index contributed by atoms with van der Waals surface area (Å²) >= 11 is 0. The highest BCUT2D eigenvalue weighted by atomic mass is 16.5. The minimum Gasteiger partial charge on any atom is -0.381 e. The van der Waals surface area contributed by atoms with Crippen molar-refractivity contribution in [2.45, 2.75) is 63.9 Å². The van der Waals surface area contributed by atoms with Crippen molar-refractivity contribution in [1.82, 2.24) is 10.2 Å². The van der Waals surface area contributed by atoms with Crippen LogP contribution < -0.4 is 5.32 Å². The highest BCUT2D eigenvalue weighted by Crippen LogP contribution is 2.32. The summed E-state index contributed by atoms with van der Waals surface area (Å²) in [6.07, 6.45) is 4.45. The van der Waals surface area contributed by atoms with Gasteiger partial charge in [-0.3, -0.25) is 10.1 Å². The van der Waals surface area contributed by atoms with Gasteiger partial charge < -0.3 is 9.64 Å². The smallest absolute Gasteiger partial charge is 0.241 e. The summed E-state index contributed by atoms with van der Waals surface area (Å²) in [5, 5.41) is 3.41. The van der Waals surface area contributed by atoms with E-state index in [1.165, 1.54) is 0 Å². The second kappa shape index (κ2) is 4.72. The molecule has 16 heavy (non-hydrogen) atoms. The number of hydrogen-bond acceptors (Lipinski definition) is 3. The third-order valence-electron chi connectivity index (χ3n) is 3.87. The van der Waals surface area contributed by atoms with Crippen molar-refractivity contribution in [3.05, 3.63) is 0 Å². The number of methoxy groups -OCH3 is 1. The van der Waals surface area contributed by atoms with E-state index < -0.39 is 0 Å². The first-order chi connectivity index (χ1) is 7.71. The normalized spacial score (nSPS) is 38.9. The number of ether oxygens (including phenoxy) is 1. The molecule has 2 fully saturated rings. The lowest BCUT2D eigenvalue weighted by molar-refractivity contribution is -0.137. The van der Waals surface area contributed by atoms with Crippen molar-refractivity contribution in [2.24, 2.45) is 0 Å². The Labute approximate surface area is 97.3 Å². The van der Waals surface area contributed by atoms with Gasteiger partial charge in [0.2, 0.25) is 5.91 Å². The van der Waals surface area contributed by atoms with Crippen LogP contribution in [0.25, 0.3) is 0 Å². The topological polar surface area (TPSA) is 41.6 Å². The lowest BCUT2D eigenvalue weighted by atomic mass is 9.87. The average molecular weight is 226 g/mol. The molecule has 0 aromatic carbocycles. The second-order valence-corrected chi connectivity index (χ2v) is 4.78. The molecule has 4 heteroatoms. The molecular formula is C12H22N2O2. The Morgan fingerprint density at radius 2 is 2.06 bits per heavy atom. The highest BCUT2D eigenvalue weighted by molar-refractivity contribution is 5.84. The van der Waals surface area contributed by atoms with E-state index in [0.29, 0.717) is 12.1 Å². The number of hydrogen-bond donors (Lipinski definition) is 1. The molecule has 1 aliphatic carbocycles. The zero-order valence-electron chi connectivity index (χ0n) is 10.4. The Morgan fingerprint density at radius 1 is 1.38 bits per heavy atom. The van der Waals surface area contributed by atoms with E-state index >= 15 is 0 Å². The SMILES string of the molecule is CCC1NC(CC)N(C2CC(OC)C2)C1=O. The van der Waals surface area contributed by atoms with Gasteiger partial charge >= 0.3 is 0 Å². The third kappa shape index (κ3) is 1.84. The van der Waals surface area contributed by atoms with Crippen LogP contribution in [0.3, 0.4) is 0 Å². The first kappa shape index (κ1) is 11.9. The van der Waals surface area contributed by atoms with Gasteiger partial charge in [-0.1, -0.05) is 13.8 Å². The zero-order chi connectivity index (χ0) is 11.7. The molecule has 0 radical (unpaired) electrons. The summed E-state index contributed by atoms with van der Waals surface area (Å²) in [4.78, 5) is 14.2. The quantitative estimate of drug-likeness (QED) is 0.781. The second-order valence-electron chi connectivity index (χ2n) is 4.78. The Balaban J connectivity index is 1.99. The molecule has 4 nitrogen and oxygen atoms in total. The molecule has 0 aromatic rings. The monoisotopic (exact) mass is 226 g/mol. The third-order valence-corrected chi connectivity index (χ3v) is 3.87. The largest absolute Gasteiger partial charge is 0.381 e. The summed E-state index contributed by atoms with van der Waals surface area (Å²) < 4.78 is 5.27. The van der Waals surface area contributed by atoms with Crippen LogP contribution in [0.1, 0.15) is 39.5 Å². The van der Waals surface area contributed by atoms with Crippen molar-refractivity contribution in [3.63, 3.8) is 0 Å². The van der Waals surface area contributed by atoms with Gasteiger partial charge in [-0.05, 0) is 25.7 Å². The molecule has 1 saturated carbocycles. The highest BCUT2D eigenvalue weighted by Gasteiger charge is 2.45. The molecule has 92 valence electrons. The Morgan fingerprint density at radius 3 is 2.56 bits per heavy atom. The van der Waals surface area contributed by atoms with Gasteiger partial charge in [-0.25, -0.2) is 0 Å². The van der Waals surface area contributed by atoms with Crippen LogP contribution in [0.15, 0.2) is 0 Å². The summed E-state index contributed by atoms with van der Waals surface area (Å²) in [7, 11) is 1.75. The summed E-state index contributed by atoms with van der Waals surface area (Å²) in [5.41, 5.74) is 0. The molecular weight excluding hydrogens is 204 g/mol. The lowest BCUT2D eigenvalue weighted by Gasteiger charge is -2.42. The molecule has 1 heterocycles. The molecule has 2 atom stereocenters. The van der Waals surface area contributed by atoms with Crippen LogP contribution in [-0.4, -0.2) is 42.3 Å². The molecule has 0 bridgehead atoms. The van der Waals surface area contributed by atoms with Crippen LogP contribution in [0.5, 0.6) is 0 Å². The Bertz CT molecular complexity index is 264. The minimum atomic E-state index is 0.0338. The van der Waals surface area contributed by atoms with Crippen LogP contribution in [0.4, 0.5) is 0 Å². The maximum absolute atomic E-state index is 12.2. The number of amides is 1. The number of nitrogens with one attached hydrogen (secondary N) is 1. The molecule has 2 unspecified atom stereocenters. The van der Waals surface area contributed by atoms with Crippen LogP contribution in [-0.2, 0) is 9.53 Å². The molecule has 1 aliphatic heterocycles. The molecule has 0 aromatic heterocycles. The lowest BCUT2D eigenvalue weighted by Crippen LogP contribution is -2.52. The average Bonchev–Trinajstić information content (AvgIpc) is 2.55. The fourth-order valence-electron chi connectivity index (χ4n) is 2.72. The van der Waals surface area contributed by atoms with Gasteiger partial charge in [-0.15, -0.1) is 0 Å². The van der Waals surface area contributed by atoms with E-state index in [-0.39, 0.29) is 18.1 Å². The van der Waals surface area contributed by atoms with Crippen molar-refractivity contribution in [2.75, 3.05) is 7.11 Å². The molecule has 2 aliphatic rings. The van der Waals surface area contributed by atoms with E-state index in [2.05, 4.69) is 24.1 Å². The van der Waals surface area contributed by atoms with E-state index in [9.17, 15) is 4.79 Å². The predicted octanol–water partition coefficient (Wildman–Crippen LogP) is 1.11. The van der Waals surface area contributed by atoms with Crippen molar-refractivity contribution >= 4 is 5.91 Å². The van der Waals surface area contributed by atoms with E-state index in [0.717, 1.165) is 25.7 Å². The first-order valence-electron chi connectivity index (χ1n) is 6.32. The summed E-state index contributed by atoms with van der Waals surface area (Å²) in [5.74, 6) is 0.286. The van der Waals surface area contributed by atoms with Gasteiger partial charge in [0.15, 0.2) is 0 Å². The Hall–Kier alpha value is -0.610. The standard InChI is InChI=1S/C12H22N2O2/c1-4-10-12(15)14(11(5-2)13-10)8-6-9(7-8)16-3/h8-11,13H,4-7H2,1-3H3. The van der Waals surface area contributed by atoms with Crippen molar-refractivity contribution in [1.29, 1.82) is 0 Å². The van der Waals surface area contributed by atoms with Crippen LogP contribution >= 0.6 is 0 Å². The summed E-state index contributed by atoms with van der Waals surface area (Å²) in [6.45, 7) is 4.19. The Kier molecular flexibility index (Phi) is 3.50. The molecule has 1 saturated heterocycles. The molecule has 1 amide bonds. The van der Waals surface area contributed by atoms with Crippen LogP contribution in [0.2, 0.25) is 0 Å². The zero-order valence-corrected chi connectivity index (χ0v) is 10.4. The maximum Gasteiger partial charge on any atom is 0.241 e. The van der Waals surface area contributed by atoms with Crippen molar-refractivity contribution in [3.8, 4) is 0 Å². The fraction of sp³-hybridized carbons (Fsp3) is 0.917. The number of carbonyl (C=O) groups excluding carboxylic acids is 1. The number of rotatable bonds is 4. The van der Waals surface area contributed by atoms with Crippen LogP contribution in [0, 0.1) is 0 Å². The van der Waals surface area contributed by atoms with Gasteiger partial charge in [0.25, 0.3) is 0 Å². The number of nitrogens with zero attached hydrogens (tertiary/aromatic N) is 1. The van der Waals surface area contributed by atoms with E-state index in [4.69, 9.17) is 4.74 Å². The first-order valence-corrected chi connectivity index (χ1v) is 6.32. The van der Waals surface area contributed by atoms with Gasteiger partial charge in [0, 0.05) is 13.2 Å². The number of carbonyl (C=O) groups is 1. The maximum atomic E-state index is 12.2. The molecule has 0 spiro atoms. The minimum absolute atomic E-state index is 0.0338. The van der Waals surface area contributed by atoms with E-state index in [1.807, 2.05) is 0 Å². The van der Waals surface area contributed by atoms with Gasteiger partial charge in [0.05, 0.1) is 18.3 Å². The summed E-state index contributed by atoms with van der Waals surface area (Å²) in [6, 6.07) is 0.429. The predicted molar refractivity (Wildman–Crippen MR) is 62.0 cm³/mol. The van der Waals surface area contributed by atoms with Gasteiger partial charge in [0.1, 0.15) is 0 Å². The molecule has 1 N–H and O–H groups in total. The fourth-order valence-corrected chi connectivity index (χ4v) is 2.72. The van der Waals surface area contributed by atoms with Crippen molar-refractivity contribution < 1.29 is 9.53 Å². The van der Waals surface area contributed by atoms with E-state index in [1.54, 1.807) is 7.11 Å². The molecule has 2 rings (SSSR count).